The Balaban J connectivity index is 2.29. The molecule has 2 aliphatic heterocycles. The van der Waals surface area contributed by atoms with Gasteiger partial charge in [0.15, 0.2) is 0 Å². The lowest BCUT2D eigenvalue weighted by Crippen LogP contribution is -2.58. The predicted molar refractivity (Wildman–Crippen MR) is 95.3 cm³/mol. The van der Waals surface area contributed by atoms with E-state index in [1.807, 2.05) is 18.7 Å². The average Bonchev–Trinajstić information content (AvgIpc) is 2.58. The van der Waals surface area contributed by atoms with Gasteiger partial charge in [0.05, 0.1) is 11.4 Å². The Hall–Kier alpha value is -0.750. The maximum Gasteiger partial charge on any atom is 0.244 e. The molecule has 0 aliphatic carbocycles. The van der Waals surface area contributed by atoms with E-state index in [0.717, 1.165) is 19.3 Å². The number of thioether (sulfide) groups is 1. The predicted octanol–water partition coefficient (Wildman–Crippen LogP) is 2.11. The Bertz CT molecular complexity index is 465. The summed E-state index contributed by atoms with van der Waals surface area (Å²) >= 11 is 1.77. The van der Waals surface area contributed by atoms with E-state index in [2.05, 4.69) is 38.3 Å². The van der Waals surface area contributed by atoms with Crippen molar-refractivity contribution >= 4 is 23.6 Å². The van der Waals surface area contributed by atoms with Crippen LogP contribution in [0.3, 0.4) is 0 Å². The van der Waals surface area contributed by atoms with E-state index >= 15 is 0 Å². The molecule has 0 aromatic heterocycles. The first-order chi connectivity index (χ1) is 10.6. The fourth-order valence-electron chi connectivity index (χ4n) is 3.60. The first kappa shape index (κ1) is 18.6. The number of fused-ring (bicyclic) bond motifs is 1. The summed E-state index contributed by atoms with van der Waals surface area (Å²) in [5.41, 5.74) is 0. The highest BCUT2D eigenvalue weighted by atomic mass is 32.2. The quantitative estimate of drug-likeness (QED) is 0.822. The number of rotatable bonds is 4. The molecule has 5 nitrogen and oxygen atoms in total. The van der Waals surface area contributed by atoms with Crippen molar-refractivity contribution in [3.05, 3.63) is 0 Å². The molecule has 0 aromatic carbocycles. The lowest BCUT2D eigenvalue weighted by Gasteiger charge is -2.34. The molecule has 0 bridgehead atoms. The Morgan fingerprint density at radius 1 is 1.22 bits per heavy atom. The molecule has 0 spiro atoms. The van der Waals surface area contributed by atoms with Gasteiger partial charge in [0.2, 0.25) is 11.8 Å². The second-order valence-electron chi connectivity index (χ2n) is 7.79. The Labute approximate surface area is 144 Å². The van der Waals surface area contributed by atoms with Gasteiger partial charge in [-0.2, -0.15) is 0 Å². The number of nitrogens with zero attached hydrogens (tertiary/aromatic N) is 1. The zero-order valence-corrected chi connectivity index (χ0v) is 16.0. The molecule has 2 saturated heterocycles. The minimum absolute atomic E-state index is 0.0291. The summed E-state index contributed by atoms with van der Waals surface area (Å²) in [5.74, 6) is 0.0572. The number of carbonyl (C=O) groups is 2. The van der Waals surface area contributed by atoms with Crippen molar-refractivity contribution in [3.8, 4) is 0 Å². The van der Waals surface area contributed by atoms with Crippen LogP contribution in [0.4, 0.5) is 0 Å². The van der Waals surface area contributed by atoms with Crippen molar-refractivity contribution < 1.29 is 9.59 Å². The van der Waals surface area contributed by atoms with Crippen molar-refractivity contribution in [2.75, 3.05) is 0 Å². The molecule has 2 fully saturated rings. The van der Waals surface area contributed by atoms with Crippen LogP contribution in [0.25, 0.3) is 0 Å². The van der Waals surface area contributed by atoms with E-state index < -0.39 is 6.04 Å². The molecule has 0 unspecified atom stereocenters. The molecule has 0 saturated carbocycles. The smallest absolute Gasteiger partial charge is 0.244 e. The standard InChI is InChI=1S/C17H31N3O2S/c1-10(2)18-12-8-7-9-13-20(16(12)22)14(17(5,6)23-13)15(21)19-11(3)4/h10-14,18H,7-9H2,1-6H3,(H,19,21)/t12-,13-,14+/m0/s1. The Morgan fingerprint density at radius 3 is 2.43 bits per heavy atom. The third-order valence-corrected chi connectivity index (χ3v) is 5.96. The van der Waals surface area contributed by atoms with Gasteiger partial charge in [0, 0.05) is 16.8 Å². The largest absolute Gasteiger partial charge is 0.352 e. The summed E-state index contributed by atoms with van der Waals surface area (Å²) in [7, 11) is 0. The minimum Gasteiger partial charge on any atom is -0.352 e. The van der Waals surface area contributed by atoms with Gasteiger partial charge >= 0.3 is 0 Å². The van der Waals surface area contributed by atoms with Crippen molar-refractivity contribution in [2.45, 2.75) is 95.1 Å². The molecule has 2 N–H and O–H groups in total. The first-order valence-corrected chi connectivity index (χ1v) is 9.58. The van der Waals surface area contributed by atoms with E-state index in [4.69, 9.17) is 0 Å². The maximum atomic E-state index is 13.1. The van der Waals surface area contributed by atoms with Gasteiger partial charge < -0.3 is 15.5 Å². The lowest BCUT2D eigenvalue weighted by molar-refractivity contribution is -0.142. The molecule has 2 rings (SSSR count). The summed E-state index contributed by atoms with van der Waals surface area (Å²) in [4.78, 5) is 27.8. The van der Waals surface area contributed by atoms with E-state index in [9.17, 15) is 9.59 Å². The highest BCUT2D eigenvalue weighted by Crippen LogP contribution is 2.47. The monoisotopic (exact) mass is 341 g/mol. The summed E-state index contributed by atoms with van der Waals surface area (Å²) in [6.45, 7) is 12.2. The van der Waals surface area contributed by atoms with Gasteiger partial charge in [-0.05, 0) is 47.0 Å². The molecule has 23 heavy (non-hydrogen) atoms. The van der Waals surface area contributed by atoms with Crippen molar-refractivity contribution in [2.24, 2.45) is 0 Å². The van der Waals surface area contributed by atoms with Gasteiger partial charge in [-0.15, -0.1) is 11.8 Å². The summed E-state index contributed by atoms with van der Waals surface area (Å²) < 4.78 is -0.265. The van der Waals surface area contributed by atoms with Crippen LogP contribution in [0.1, 0.15) is 60.8 Å². The van der Waals surface area contributed by atoms with Gasteiger partial charge in [-0.25, -0.2) is 0 Å². The summed E-state index contributed by atoms with van der Waals surface area (Å²) in [5, 5.41) is 6.49. The third kappa shape index (κ3) is 4.02. The van der Waals surface area contributed by atoms with Crippen LogP contribution < -0.4 is 10.6 Å². The fourth-order valence-corrected chi connectivity index (χ4v) is 5.28. The topological polar surface area (TPSA) is 61.4 Å². The van der Waals surface area contributed by atoms with Gasteiger partial charge in [-0.1, -0.05) is 13.8 Å². The molecular formula is C17H31N3O2S. The number of amides is 2. The van der Waals surface area contributed by atoms with Crippen LogP contribution in [-0.4, -0.2) is 51.0 Å². The van der Waals surface area contributed by atoms with Crippen molar-refractivity contribution in [3.63, 3.8) is 0 Å². The van der Waals surface area contributed by atoms with Crippen LogP contribution in [0.2, 0.25) is 0 Å². The van der Waals surface area contributed by atoms with Crippen LogP contribution in [0.5, 0.6) is 0 Å². The average molecular weight is 342 g/mol. The normalized spacial score (nSPS) is 30.5. The summed E-state index contributed by atoms with van der Waals surface area (Å²) in [6.07, 6.45) is 2.82. The molecule has 132 valence electrons. The fraction of sp³-hybridized carbons (Fsp3) is 0.882. The maximum absolute atomic E-state index is 13.1. The highest BCUT2D eigenvalue weighted by Gasteiger charge is 2.54. The number of carbonyl (C=O) groups excluding carboxylic acids is 2. The van der Waals surface area contributed by atoms with Crippen molar-refractivity contribution in [1.29, 1.82) is 0 Å². The molecule has 0 aromatic rings. The second-order valence-corrected chi connectivity index (χ2v) is 9.62. The third-order valence-electron chi connectivity index (χ3n) is 4.40. The number of hydrogen-bond acceptors (Lipinski definition) is 4. The van der Waals surface area contributed by atoms with E-state index in [0.29, 0.717) is 0 Å². The Morgan fingerprint density at radius 2 is 1.87 bits per heavy atom. The van der Waals surface area contributed by atoms with Crippen LogP contribution in [-0.2, 0) is 9.59 Å². The van der Waals surface area contributed by atoms with Gasteiger partial charge in [-0.3, -0.25) is 9.59 Å². The zero-order chi connectivity index (χ0) is 17.4. The van der Waals surface area contributed by atoms with Crippen LogP contribution in [0.15, 0.2) is 0 Å². The van der Waals surface area contributed by atoms with E-state index in [1.165, 1.54) is 0 Å². The van der Waals surface area contributed by atoms with Gasteiger partial charge in [0.1, 0.15) is 6.04 Å². The molecule has 3 atom stereocenters. The van der Waals surface area contributed by atoms with Gasteiger partial charge in [0.25, 0.3) is 0 Å². The number of hydrogen-bond donors (Lipinski definition) is 2. The molecule has 2 heterocycles. The summed E-state index contributed by atoms with van der Waals surface area (Å²) in [6, 6.07) is -0.244. The molecule has 6 heteroatoms. The van der Waals surface area contributed by atoms with Crippen LogP contribution in [0, 0.1) is 0 Å². The van der Waals surface area contributed by atoms with Crippen molar-refractivity contribution in [1.82, 2.24) is 15.5 Å². The van der Waals surface area contributed by atoms with E-state index in [1.54, 1.807) is 11.8 Å². The number of nitrogens with one attached hydrogen (secondary N) is 2. The molecule has 2 aliphatic rings. The second kappa shape index (κ2) is 7.01. The highest BCUT2D eigenvalue weighted by molar-refractivity contribution is 8.01. The zero-order valence-electron chi connectivity index (χ0n) is 15.2. The first-order valence-electron chi connectivity index (χ1n) is 8.70. The SMILES string of the molecule is CC(C)NC(=O)[C@H]1N2C(=O)[C@@H](NC(C)C)CCC[C@@H]2SC1(C)C. The lowest BCUT2D eigenvalue weighted by atomic mass is 9.99. The minimum atomic E-state index is -0.401. The van der Waals surface area contributed by atoms with Crippen LogP contribution >= 0.6 is 11.8 Å². The van der Waals surface area contributed by atoms with E-state index in [-0.39, 0.29) is 40.1 Å². The molecular weight excluding hydrogens is 310 g/mol. The molecule has 0 radical (unpaired) electrons. The Kier molecular flexibility index (Phi) is 5.67. The molecule has 2 amide bonds.